The summed E-state index contributed by atoms with van der Waals surface area (Å²) in [6.45, 7) is 3.95. The molecule has 1 unspecified atom stereocenters. The van der Waals surface area contributed by atoms with Gasteiger partial charge in [0.1, 0.15) is 6.10 Å². The van der Waals surface area contributed by atoms with Crippen LogP contribution in [0.25, 0.3) is 0 Å². The van der Waals surface area contributed by atoms with E-state index in [1.54, 1.807) is 0 Å². The molecule has 120 valence electrons. The fourth-order valence-electron chi connectivity index (χ4n) is 1.99. The van der Waals surface area contributed by atoms with Gasteiger partial charge < -0.3 is 5.11 Å². The lowest BCUT2D eigenvalue weighted by Gasteiger charge is -2.11. The first kappa shape index (κ1) is 18.7. The second-order valence-corrected chi connectivity index (χ2v) is 4.98. The third-order valence-electron chi connectivity index (χ3n) is 3.15. The van der Waals surface area contributed by atoms with Crippen molar-refractivity contribution in [3.8, 4) is 0 Å². The van der Waals surface area contributed by atoms with E-state index < -0.39 is 6.10 Å². The van der Waals surface area contributed by atoms with Crippen molar-refractivity contribution in [2.24, 2.45) is 0 Å². The van der Waals surface area contributed by atoms with Crippen LogP contribution in [-0.4, -0.2) is 5.11 Å². The predicted octanol–water partition coefficient (Wildman–Crippen LogP) is 5.86. The highest BCUT2D eigenvalue weighted by Gasteiger charge is 2.09. The Morgan fingerprint density at radius 3 is 2.30 bits per heavy atom. The van der Waals surface area contributed by atoms with Crippen LogP contribution < -0.4 is 0 Å². The maximum absolute atomic E-state index is 10.5. The second-order valence-electron chi connectivity index (χ2n) is 4.98. The molecule has 0 aliphatic carbocycles. The molecular weight excluding hydrogens is 280 g/mol. The highest BCUT2D eigenvalue weighted by molar-refractivity contribution is 5.34. The van der Waals surface area contributed by atoms with E-state index >= 15 is 0 Å². The predicted molar refractivity (Wildman–Crippen MR) is 101 cm³/mol. The number of rotatable bonds is 8. The Hall–Kier alpha value is -2.38. The molecular formula is C22H26O. The van der Waals surface area contributed by atoms with E-state index in [-0.39, 0.29) is 0 Å². The van der Waals surface area contributed by atoms with Crippen LogP contribution in [0, 0.1) is 0 Å². The molecule has 0 aromatic heterocycles. The van der Waals surface area contributed by atoms with Crippen LogP contribution in [0.1, 0.15) is 31.9 Å². The number of aliphatic hydroxyl groups excluding tert-OH is 1. The van der Waals surface area contributed by atoms with Crippen LogP contribution in [0.4, 0.5) is 0 Å². The first-order valence-electron chi connectivity index (χ1n) is 7.96. The molecule has 0 aliphatic rings. The van der Waals surface area contributed by atoms with Gasteiger partial charge in [-0.3, -0.25) is 0 Å². The van der Waals surface area contributed by atoms with Crippen molar-refractivity contribution in [3.05, 3.63) is 108 Å². The average Bonchev–Trinajstić information content (AvgIpc) is 2.59. The fourth-order valence-corrected chi connectivity index (χ4v) is 1.99. The summed E-state index contributed by atoms with van der Waals surface area (Å²) < 4.78 is 0. The molecule has 0 amide bonds. The van der Waals surface area contributed by atoms with E-state index in [0.717, 1.165) is 17.6 Å². The van der Waals surface area contributed by atoms with Gasteiger partial charge in [0.15, 0.2) is 0 Å². The van der Waals surface area contributed by atoms with Crippen molar-refractivity contribution < 1.29 is 5.11 Å². The number of aliphatic hydroxyl groups is 1. The Kier molecular flexibility index (Phi) is 9.90. The van der Waals surface area contributed by atoms with Crippen molar-refractivity contribution in [2.45, 2.75) is 26.4 Å². The standard InChI is InChI=1S/C22H26O/c1-3-5-6-7-8-9-10-11-13-17-20(16-4-2)22(23)21-18-14-12-15-19-21/h3-9,11-19,22-23H,10H2,1-2H3. The van der Waals surface area contributed by atoms with E-state index in [4.69, 9.17) is 0 Å². The van der Waals surface area contributed by atoms with Crippen LogP contribution in [-0.2, 0) is 0 Å². The molecule has 1 aromatic rings. The van der Waals surface area contributed by atoms with Crippen LogP contribution >= 0.6 is 0 Å². The summed E-state index contributed by atoms with van der Waals surface area (Å²) in [4.78, 5) is 0. The minimum absolute atomic E-state index is 0.601. The van der Waals surface area contributed by atoms with Crippen LogP contribution in [0.15, 0.2) is 103 Å². The lowest BCUT2D eigenvalue weighted by Crippen LogP contribution is -1.99. The molecule has 0 fully saturated rings. The zero-order valence-electron chi connectivity index (χ0n) is 14.0. The van der Waals surface area contributed by atoms with Crippen molar-refractivity contribution in [3.63, 3.8) is 0 Å². The van der Waals surface area contributed by atoms with Crippen molar-refractivity contribution in [1.82, 2.24) is 0 Å². The van der Waals surface area contributed by atoms with Crippen LogP contribution in [0.3, 0.4) is 0 Å². The Morgan fingerprint density at radius 2 is 1.61 bits per heavy atom. The summed E-state index contributed by atoms with van der Waals surface area (Å²) in [5, 5.41) is 10.5. The van der Waals surface area contributed by atoms with Gasteiger partial charge in [-0.2, -0.15) is 0 Å². The van der Waals surface area contributed by atoms with Crippen molar-refractivity contribution >= 4 is 0 Å². The van der Waals surface area contributed by atoms with E-state index in [1.807, 2.05) is 98.9 Å². The SMILES string of the molecule is CC=CC=CC=CCC=CC=C(C=CC)C(O)c1ccccc1. The number of hydrogen-bond donors (Lipinski definition) is 1. The smallest absolute Gasteiger partial charge is 0.104 e. The Bertz CT molecular complexity index is 598. The van der Waals surface area contributed by atoms with Crippen molar-refractivity contribution in [1.29, 1.82) is 0 Å². The fraction of sp³-hybridized carbons (Fsp3) is 0.182. The monoisotopic (exact) mass is 306 g/mol. The van der Waals surface area contributed by atoms with Gasteiger partial charge in [0.05, 0.1) is 0 Å². The third-order valence-corrected chi connectivity index (χ3v) is 3.15. The Morgan fingerprint density at radius 1 is 0.913 bits per heavy atom. The normalized spacial score (nSPS) is 15.0. The molecule has 1 heteroatoms. The van der Waals surface area contributed by atoms with Gasteiger partial charge in [-0.15, -0.1) is 0 Å². The summed E-state index contributed by atoms with van der Waals surface area (Å²) >= 11 is 0. The maximum atomic E-state index is 10.5. The van der Waals surface area contributed by atoms with Crippen LogP contribution in [0.2, 0.25) is 0 Å². The third kappa shape index (κ3) is 7.98. The molecule has 1 aromatic carbocycles. The number of benzene rings is 1. The first-order valence-corrected chi connectivity index (χ1v) is 7.96. The summed E-state index contributed by atoms with van der Waals surface area (Å²) in [5.41, 5.74) is 1.78. The summed E-state index contributed by atoms with van der Waals surface area (Å²) in [7, 11) is 0. The lowest BCUT2D eigenvalue weighted by molar-refractivity contribution is 0.219. The van der Waals surface area contributed by atoms with Gasteiger partial charge >= 0.3 is 0 Å². The summed E-state index contributed by atoms with van der Waals surface area (Å²) in [5.74, 6) is 0. The molecule has 1 atom stereocenters. The van der Waals surface area contributed by atoms with Gasteiger partial charge in [0.25, 0.3) is 0 Å². The Balaban J connectivity index is 2.63. The second kappa shape index (κ2) is 12.2. The summed E-state index contributed by atoms with van der Waals surface area (Å²) in [6, 6.07) is 9.70. The topological polar surface area (TPSA) is 20.2 Å². The lowest BCUT2D eigenvalue weighted by atomic mass is 10.0. The number of allylic oxidation sites excluding steroid dienone is 10. The summed E-state index contributed by atoms with van der Waals surface area (Å²) in [6.07, 6.45) is 22.3. The Labute approximate surface area is 140 Å². The number of hydrogen-bond acceptors (Lipinski definition) is 1. The van der Waals surface area contributed by atoms with Gasteiger partial charge in [-0.25, -0.2) is 0 Å². The first-order chi connectivity index (χ1) is 11.3. The van der Waals surface area contributed by atoms with Gasteiger partial charge in [-0.1, -0.05) is 97.2 Å². The highest BCUT2D eigenvalue weighted by atomic mass is 16.3. The minimum atomic E-state index is -0.601. The zero-order chi connectivity index (χ0) is 16.8. The molecule has 0 saturated carbocycles. The van der Waals surface area contributed by atoms with Gasteiger partial charge in [0, 0.05) is 0 Å². The van der Waals surface area contributed by atoms with Gasteiger partial charge in [0.2, 0.25) is 0 Å². The van der Waals surface area contributed by atoms with E-state index in [2.05, 4.69) is 12.2 Å². The maximum Gasteiger partial charge on any atom is 0.104 e. The van der Waals surface area contributed by atoms with E-state index in [9.17, 15) is 5.11 Å². The van der Waals surface area contributed by atoms with Gasteiger partial charge in [-0.05, 0) is 31.4 Å². The molecule has 23 heavy (non-hydrogen) atoms. The molecule has 0 heterocycles. The zero-order valence-corrected chi connectivity index (χ0v) is 14.0. The molecule has 0 spiro atoms. The van der Waals surface area contributed by atoms with E-state index in [1.165, 1.54) is 0 Å². The quantitative estimate of drug-likeness (QED) is 0.597. The molecule has 0 aliphatic heterocycles. The average molecular weight is 306 g/mol. The molecule has 0 radical (unpaired) electrons. The molecule has 0 saturated heterocycles. The molecule has 1 nitrogen and oxygen atoms in total. The largest absolute Gasteiger partial charge is 0.384 e. The molecule has 1 N–H and O–H groups in total. The van der Waals surface area contributed by atoms with Crippen molar-refractivity contribution in [2.75, 3.05) is 0 Å². The molecule has 0 bridgehead atoms. The highest BCUT2D eigenvalue weighted by Crippen LogP contribution is 2.22. The molecule has 1 rings (SSSR count). The van der Waals surface area contributed by atoms with Crippen LogP contribution in [0.5, 0.6) is 0 Å². The van der Waals surface area contributed by atoms with E-state index in [0.29, 0.717) is 0 Å². The minimum Gasteiger partial charge on any atom is -0.384 e.